The van der Waals surface area contributed by atoms with Gasteiger partial charge >= 0.3 is 0 Å². The van der Waals surface area contributed by atoms with Crippen LogP contribution in [0, 0.1) is 5.41 Å². The van der Waals surface area contributed by atoms with Gasteiger partial charge in [-0.05, 0) is 23.1 Å². The summed E-state index contributed by atoms with van der Waals surface area (Å²) in [7, 11) is 0. The number of benzene rings is 1. The number of halogens is 2. The van der Waals surface area contributed by atoms with Crippen LogP contribution in [0.15, 0.2) is 24.3 Å². The molecule has 1 aromatic carbocycles. The fourth-order valence-electron chi connectivity index (χ4n) is 1.24. The quantitative estimate of drug-likeness (QED) is 0.820. The van der Waals surface area contributed by atoms with Gasteiger partial charge in [-0.15, -0.1) is 11.6 Å². The van der Waals surface area contributed by atoms with Crippen LogP contribution in [0.1, 0.15) is 19.4 Å². The Hall–Kier alpha value is -0.730. The van der Waals surface area contributed by atoms with E-state index in [1.165, 1.54) is 0 Å². The summed E-state index contributed by atoms with van der Waals surface area (Å²) in [6.45, 7) is 4.62. The minimum atomic E-state index is -0.0722. The van der Waals surface area contributed by atoms with E-state index in [1.807, 2.05) is 26.0 Å². The molecule has 1 amide bonds. The van der Waals surface area contributed by atoms with Crippen LogP contribution in [-0.4, -0.2) is 18.3 Å². The highest BCUT2D eigenvalue weighted by Gasteiger charge is 2.17. The molecule has 0 aliphatic heterocycles. The minimum Gasteiger partial charge on any atom is -0.355 e. The molecule has 0 saturated carbocycles. The standard InChI is InChI=1S/C13H17Cl2NO/c1-13(2,8-14)9-16-12(17)7-10-3-5-11(15)6-4-10/h3-6H,7-9H2,1-2H3,(H,16,17). The van der Waals surface area contributed by atoms with Crippen molar-refractivity contribution in [1.29, 1.82) is 0 Å². The SMILES string of the molecule is CC(C)(CCl)CNC(=O)Cc1ccc(Cl)cc1. The third-order valence-corrected chi connectivity index (χ3v) is 3.38. The van der Waals surface area contributed by atoms with E-state index in [9.17, 15) is 4.79 Å². The molecule has 0 atom stereocenters. The average molecular weight is 274 g/mol. The highest BCUT2D eigenvalue weighted by atomic mass is 35.5. The highest BCUT2D eigenvalue weighted by Crippen LogP contribution is 2.15. The first-order valence-corrected chi connectivity index (χ1v) is 6.41. The predicted octanol–water partition coefficient (Wildman–Crippen LogP) is 3.26. The van der Waals surface area contributed by atoms with E-state index in [0.717, 1.165) is 5.56 Å². The van der Waals surface area contributed by atoms with Crippen LogP contribution >= 0.6 is 23.2 Å². The summed E-state index contributed by atoms with van der Waals surface area (Å²) >= 11 is 11.6. The lowest BCUT2D eigenvalue weighted by molar-refractivity contribution is -0.120. The van der Waals surface area contributed by atoms with Crippen LogP contribution in [0.2, 0.25) is 5.02 Å². The van der Waals surface area contributed by atoms with Crippen molar-refractivity contribution in [3.63, 3.8) is 0 Å². The van der Waals surface area contributed by atoms with Crippen molar-refractivity contribution in [2.45, 2.75) is 20.3 Å². The molecular weight excluding hydrogens is 257 g/mol. The molecule has 0 radical (unpaired) electrons. The second kappa shape index (κ2) is 6.27. The topological polar surface area (TPSA) is 29.1 Å². The molecule has 0 fully saturated rings. The Kier molecular flexibility index (Phi) is 5.29. The summed E-state index contributed by atoms with van der Waals surface area (Å²) in [6.07, 6.45) is 0.371. The number of carbonyl (C=O) groups excluding carboxylic acids is 1. The maximum Gasteiger partial charge on any atom is 0.224 e. The van der Waals surface area contributed by atoms with Crippen LogP contribution in [-0.2, 0) is 11.2 Å². The van der Waals surface area contributed by atoms with Gasteiger partial charge in [0, 0.05) is 17.4 Å². The van der Waals surface area contributed by atoms with Crippen molar-refractivity contribution >= 4 is 29.1 Å². The molecule has 0 saturated heterocycles. The molecule has 0 aliphatic rings. The number of hydrogen-bond donors (Lipinski definition) is 1. The van der Waals surface area contributed by atoms with Crippen LogP contribution < -0.4 is 5.32 Å². The zero-order valence-electron chi connectivity index (χ0n) is 10.1. The van der Waals surface area contributed by atoms with Crippen molar-refractivity contribution in [2.75, 3.05) is 12.4 Å². The molecule has 17 heavy (non-hydrogen) atoms. The molecule has 0 aliphatic carbocycles. The van der Waals surface area contributed by atoms with Gasteiger partial charge in [0.15, 0.2) is 0 Å². The zero-order valence-corrected chi connectivity index (χ0v) is 11.6. The van der Waals surface area contributed by atoms with Gasteiger partial charge in [0.05, 0.1) is 6.42 Å². The summed E-state index contributed by atoms with van der Waals surface area (Å²) in [4.78, 5) is 11.7. The Morgan fingerprint density at radius 2 is 1.88 bits per heavy atom. The van der Waals surface area contributed by atoms with E-state index in [-0.39, 0.29) is 11.3 Å². The largest absolute Gasteiger partial charge is 0.355 e. The zero-order chi connectivity index (χ0) is 12.9. The number of alkyl halides is 1. The summed E-state index contributed by atoms with van der Waals surface area (Å²) in [5.41, 5.74) is 0.882. The number of rotatable bonds is 5. The van der Waals surface area contributed by atoms with Gasteiger partial charge in [-0.3, -0.25) is 4.79 Å². The second-order valence-electron chi connectivity index (χ2n) is 4.88. The molecule has 4 heteroatoms. The number of carbonyl (C=O) groups is 1. The molecule has 1 rings (SSSR count). The van der Waals surface area contributed by atoms with Crippen molar-refractivity contribution in [1.82, 2.24) is 5.32 Å². The van der Waals surface area contributed by atoms with E-state index in [0.29, 0.717) is 23.9 Å². The highest BCUT2D eigenvalue weighted by molar-refractivity contribution is 6.30. The molecule has 0 spiro atoms. The summed E-state index contributed by atoms with van der Waals surface area (Å²) in [6, 6.07) is 7.28. The normalized spacial score (nSPS) is 11.3. The van der Waals surface area contributed by atoms with E-state index < -0.39 is 0 Å². The Bertz CT molecular complexity index is 374. The lowest BCUT2D eigenvalue weighted by atomic mass is 9.96. The van der Waals surface area contributed by atoms with Crippen molar-refractivity contribution < 1.29 is 4.79 Å². The Labute approximate surface area is 112 Å². The molecule has 1 N–H and O–H groups in total. The van der Waals surface area contributed by atoms with Crippen molar-refractivity contribution in [3.05, 3.63) is 34.9 Å². The molecule has 0 unspecified atom stereocenters. The van der Waals surface area contributed by atoms with E-state index in [4.69, 9.17) is 23.2 Å². The van der Waals surface area contributed by atoms with Gasteiger partial charge in [0.2, 0.25) is 5.91 Å². The minimum absolute atomic E-state index is 0.00511. The Morgan fingerprint density at radius 1 is 1.29 bits per heavy atom. The maximum absolute atomic E-state index is 11.7. The van der Waals surface area contributed by atoms with E-state index in [2.05, 4.69) is 5.32 Å². The first-order chi connectivity index (χ1) is 7.93. The van der Waals surface area contributed by atoms with Crippen LogP contribution in [0.3, 0.4) is 0 Å². The molecule has 94 valence electrons. The molecule has 0 aromatic heterocycles. The monoisotopic (exact) mass is 273 g/mol. The third kappa shape index (κ3) is 5.42. The number of hydrogen-bond acceptors (Lipinski definition) is 1. The molecule has 1 aromatic rings. The van der Waals surface area contributed by atoms with E-state index in [1.54, 1.807) is 12.1 Å². The van der Waals surface area contributed by atoms with E-state index >= 15 is 0 Å². The predicted molar refractivity (Wildman–Crippen MR) is 72.7 cm³/mol. The van der Waals surface area contributed by atoms with Gasteiger partial charge in [-0.1, -0.05) is 37.6 Å². The number of nitrogens with one attached hydrogen (secondary N) is 1. The molecular formula is C13H17Cl2NO. The van der Waals surface area contributed by atoms with Crippen LogP contribution in [0.4, 0.5) is 0 Å². The lowest BCUT2D eigenvalue weighted by Gasteiger charge is -2.21. The molecule has 0 heterocycles. The summed E-state index contributed by atoms with van der Waals surface area (Å²) in [5, 5.41) is 3.56. The van der Waals surface area contributed by atoms with Gasteiger partial charge in [0.25, 0.3) is 0 Å². The van der Waals surface area contributed by atoms with Gasteiger partial charge in [0.1, 0.15) is 0 Å². The van der Waals surface area contributed by atoms with Gasteiger partial charge in [-0.2, -0.15) is 0 Å². The van der Waals surface area contributed by atoms with Crippen molar-refractivity contribution in [2.24, 2.45) is 5.41 Å². The Morgan fingerprint density at radius 3 is 2.41 bits per heavy atom. The average Bonchev–Trinajstić information content (AvgIpc) is 2.30. The first-order valence-electron chi connectivity index (χ1n) is 5.50. The lowest BCUT2D eigenvalue weighted by Crippen LogP contribution is -2.35. The van der Waals surface area contributed by atoms with Gasteiger partial charge in [-0.25, -0.2) is 0 Å². The fraction of sp³-hybridized carbons (Fsp3) is 0.462. The first kappa shape index (κ1) is 14.3. The van der Waals surface area contributed by atoms with Crippen LogP contribution in [0.5, 0.6) is 0 Å². The molecule has 2 nitrogen and oxygen atoms in total. The van der Waals surface area contributed by atoms with Gasteiger partial charge < -0.3 is 5.32 Å². The summed E-state index contributed by atoms with van der Waals surface area (Å²) < 4.78 is 0. The fourth-order valence-corrected chi connectivity index (χ4v) is 1.46. The number of amides is 1. The second-order valence-corrected chi connectivity index (χ2v) is 5.58. The maximum atomic E-state index is 11.7. The molecule has 0 bridgehead atoms. The third-order valence-electron chi connectivity index (χ3n) is 2.40. The van der Waals surface area contributed by atoms with Crippen LogP contribution in [0.25, 0.3) is 0 Å². The smallest absolute Gasteiger partial charge is 0.224 e. The van der Waals surface area contributed by atoms with Crippen molar-refractivity contribution in [3.8, 4) is 0 Å². The Balaban J connectivity index is 2.42. The summed E-state index contributed by atoms with van der Waals surface area (Å²) in [5.74, 6) is 0.527.